The number of rotatable bonds is 2. The molecule has 0 amide bonds. The summed E-state index contributed by atoms with van der Waals surface area (Å²) in [5.41, 5.74) is -0.592. The van der Waals surface area contributed by atoms with Gasteiger partial charge >= 0.3 is 0 Å². The van der Waals surface area contributed by atoms with E-state index in [1.54, 1.807) is 0 Å². The maximum Gasteiger partial charge on any atom is 0.265 e. The van der Waals surface area contributed by atoms with E-state index in [4.69, 9.17) is 5.26 Å². The lowest BCUT2D eigenvalue weighted by atomic mass is 10.1. The van der Waals surface area contributed by atoms with Crippen LogP contribution in [0, 0.1) is 23.0 Å². The molecule has 0 aromatic heterocycles. The fraction of sp³-hybridized carbons (Fsp3) is 0.111. The normalized spacial score (nSPS) is 9.29. The van der Waals surface area contributed by atoms with Crippen molar-refractivity contribution in [1.29, 1.82) is 5.26 Å². The van der Waals surface area contributed by atoms with E-state index in [0.717, 1.165) is 6.07 Å². The zero-order chi connectivity index (χ0) is 10.7. The molecule has 0 heterocycles. The van der Waals surface area contributed by atoms with Gasteiger partial charge in [-0.15, -0.1) is 0 Å². The van der Waals surface area contributed by atoms with E-state index in [1.807, 2.05) is 0 Å². The number of ketones is 1. The molecule has 0 aliphatic rings. The molecule has 0 aliphatic carbocycles. The lowest BCUT2D eigenvalue weighted by Crippen LogP contribution is -2.01. The molecule has 0 saturated heterocycles. The molecule has 0 fully saturated rings. The van der Waals surface area contributed by atoms with Crippen LogP contribution < -0.4 is 4.74 Å². The summed E-state index contributed by atoms with van der Waals surface area (Å²) in [4.78, 5) is 10.8. The largest absolute Gasteiger partial charge is 0.494 e. The van der Waals surface area contributed by atoms with Gasteiger partial charge in [-0.05, 0) is 6.07 Å². The van der Waals surface area contributed by atoms with Crippen LogP contribution in [0.2, 0.25) is 0 Å². The third-order valence-electron chi connectivity index (χ3n) is 1.59. The molecule has 1 rings (SSSR count). The molecule has 14 heavy (non-hydrogen) atoms. The highest BCUT2D eigenvalue weighted by molar-refractivity contribution is 6.07. The molecular weight excluding hydrogens is 192 g/mol. The quantitative estimate of drug-likeness (QED) is 0.535. The highest BCUT2D eigenvalue weighted by Crippen LogP contribution is 2.21. The van der Waals surface area contributed by atoms with Gasteiger partial charge in [0.25, 0.3) is 5.78 Å². The van der Waals surface area contributed by atoms with Crippen LogP contribution in [-0.2, 0) is 0 Å². The SMILES string of the molecule is COc1cc(F)c(C(=O)C#N)cc1F. The Morgan fingerprint density at radius 1 is 1.43 bits per heavy atom. The molecule has 1 aromatic carbocycles. The van der Waals surface area contributed by atoms with E-state index in [1.165, 1.54) is 13.2 Å². The molecule has 3 nitrogen and oxygen atoms in total. The topological polar surface area (TPSA) is 50.1 Å². The van der Waals surface area contributed by atoms with Crippen LogP contribution in [0.5, 0.6) is 5.75 Å². The Hall–Kier alpha value is -1.96. The first-order valence-electron chi connectivity index (χ1n) is 3.57. The van der Waals surface area contributed by atoms with Crippen molar-refractivity contribution >= 4 is 5.78 Å². The lowest BCUT2D eigenvalue weighted by molar-refractivity contribution is 0.105. The zero-order valence-corrected chi connectivity index (χ0v) is 7.17. The Labute approximate surface area is 78.5 Å². The van der Waals surface area contributed by atoms with Crippen LogP contribution in [0.15, 0.2) is 12.1 Å². The van der Waals surface area contributed by atoms with Gasteiger partial charge in [-0.3, -0.25) is 4.79 Å². The average molecular weight is 197 g/mol. The molecule has 0 spiro atoms. The number of Topliss-reactive ketones (excluding diaryl/α,β-unsaturated/α-hetero) is 1. The first kappa shape index (κ1) is 10.1. The van der Waals surface area contributed by atoms with Crippen molar-refractivity contribution in [2.75, 3.05) is 7.11 Å². The Morgan fingerprint density at radius 3 is 2.57 bits per heavy atom. The van der Waals surface area contributed by atoms with Crippen molar-refractivity contribution < 1.29 is 18.3 Å². The summed E-state index contributed by atoms with van der Waals surface area (Å²) < 4.78 is 30.5. The Kier molecular flexibility index (Phi) is 2.77. The number of ether oxygens (including phenoxy) is 1. The highest BCUT2D eigenvalue weighted by atomic mass is 19.1. The minimum atomic E-state index is -1.12. The predicted octanol–water partition coefficient (Wildman–Crippen LogP) is 1.68. The van der Waals surface area contributed by atoms with Crippen LogP contribution in [-0.4, -0.2) is 12.9 Å². The predicted molar refractivity (Wildman–Crippen MR) is 42.9 cm³/mol. The Balaban J connectivity index is 3.30. The summed E-state index contributed by atoms with van der Waals surface area (Å²) in [6, 6.07) is 2.56. The molecule has 0 atom stereocenters. The number of carbonyl (C=O) groups excluding carboxylic acids is 1. The monoisotopic (exact) mass is 197 g/mol. The molecule has 1 aromatic rings. The molecule has 0 saturated carbocycles. The van der Waals surface area contributed by atoms with E-state index in [0.29, 0.717) is 6.07 Å². The number of carbonyl (C=O) groups is 1. The fourth-order valence-electron chi connectivity index (χ4n) is 0.919. The summed E-state index contributed by atoms with van der Waals surface area (Å²) in [5.74, 6) is -3.29. The molecule has 0 bridgehead atoms. The first-order valence-corrected chi connectivity index (χ1v) is 3.57. The van der Waals surface area contributed by atoms with Crippen molar-refractivity contribution in [2.24, 2.45) is 0 Å². The van der Waals surface area contributed by atoms with Crippen molar-refractivity contribution in [3.05, 3.63) is 29.3 Å². The van der Waals surface area contributed by atoms with Gasteiger partial charge < -0.3 is 4.74 Å². The molecule has 72 valence electrons. The molecule has 0 N–H and O–H groups in total. The maximum atomic E-state index is 13.0. The van der Waals surface area contributed by atoms with Gasteiger partial charge in [0, 0.05) is 6.07 Å². The van der Waals surface area contributed by atoms with Crippen molar-refractivity contribution in [1.82, 2.24) is 0 Å². The standard InChI is InChI=1S/C9H5F2NO2/c1-14-9-3-6(10)5(2-7(9)11)8(13)4-12/h2-3H,1H3. The van der Waals surface area contributed by atoms with Crippen LogP contribution >= 0.6 is 0 Å². The lowest BCUT2D eigenvalue weighted by Gasteiger charge is -2.03. The van der Waals surface area contributed by atoms with E-state index in [2.05, 4.69) is 4.74 Å². The zero-order valence-electron chi connectivity index (χ0n) is 7.17. The van der Waals surface area contributed by atoms with E-state index in [9.17, 15) is 13.6 Å². The van der Waals surface area contributed by atoms with Crippen LogP contribution in [0.25, 0.3) is 0 Å². The summed E-state index contributed by atoms with van der Waals surface area (Å²) in [6.07, 6.45) is 0. The Bertz CT molecular complexity index is 424. The summed E-state index contributed by atoms with van der Waals surface area (Å²) in [7, 11) is 1.17. The number of hydrogen-bond donors (Lipinski definition) is 0. The number of benzene rings is 1. The van der Waals surface area contributed by atoms with Gasteiger partial charge in [-0.2, -0.15) is 5.26 Å². The number of hydrogen-bond acceptors (Lipinski definition) is 3. The molecule has 0 unspecified atom stereocenters. The average Bonchev–Trinajstić information content (AvgIpc) is 2.19. The Morgan fingerprint density at radius 2 is 2.07 bits per heavy atom. The van der Waals surface area contributed by atoms with E-state index in [-0.39, 0.29) is 5.75 Å². The second kappa shape index (κ2) is 3.83. The summed E-state index contributed by atoms with van der Waals surface area (Å²) >= 11 is 0. The first-order chi connectivity index (χ1) is 6.60. The van der Waals surface area contributed by atoms with Gasteiger partial charge in [-0.1, -0.05) is 0 Å². The number of nitriles is 1. The maximum absolute atomic E-state index is 13.0. The van der Waals surface area contributed by atoms with Crippen molar-refractivity contribution in [2.45, 2.75) is 0 Å². The van der Waals surface area contributed by atoms with Crippen LogP contribution in [0.1, 0.15) is 10.4 Å². The molecule has 5 heteroatoms. The molecule has 0 aliphatic heterocycles. The minimum absolute atomic E-state index is 0.308. The minimum Gasteiger partial charge on any atom is -0.494 e. The third-order valence-corrected chi connectivity index (χ3v) is 1.59. The molecular formula is C9H5F2NO2. The second-order valence-electron chi connectivity index (χ2n) is 2.41. The van der Waals surface area contributed by atoms with Gasteiger partial charge in [0.15, 0.2) is 11.6 Å². The van der Waals surface area contributed by atoms with Gasteiger partial charge in [0.05, 0.1) is 12.7 Å². The van der Waals surface area contributed by atoms with Gasteiger partial charge in [0.1, 0.15) is 11.9 Å². The number of halogens is 2. The van der Waals surface area contributed by atoms with E-state index < -0.39 is 23.0 Å². The van der Waals surface area contributed by atoms with Gasteiger partial charge in [-0.25, -0.2) is 8.78 Å². The van der Waals surface area contributed by atoms with Crippen LogP contribution in [0.3, 0.4) is 0 Å². The third kappa shape index (κ3) is 1.69. The number of nitrogens with zero attached hydrogens (tertiary/aromatic N) is 1. The van der Waals surface area contributed by atoms with Gasteiger partial charge in [0.2, 0.25) is 0 Å². The van der Waals surface area contributed by atoms with Crippen molar-refractivity contribution in [3.63, 3.8) is 0 Å². The highest BCUT2D eigenvalue weighted by Gasteiger charge is 2.15. The van der Waals surface area contributed by atoms with Crippen LogP contribution in [0.4, 0.5) is 8.78 Å². The number of methoxy groups -OCH3 is 1. The molecule has 0 radical (unpaired) electrons. The smallest absolute Gasteiger partial charge is 0.265 e. The van der Waals surface area contributed by atoms with Crippen molar-refractivity contribution in [3.8, 4) is 11.8 Å². The fourth-order valence-corrected chi connectivity index (χ4v) is 0.919. The second-order valence-corrected chi connectivity index (χ2v) is 2.41. The summed E-state index contributed by atoms with van der Waals surface area (Å²) in [5, 5.41) is 8.21. The summed E-state index contributed by atoms with van der Waals surface area (Å²) in [6.45, 7) is 0. The van der Waals surface area contributed by atoms with E-state index >= 15 is 0 Å².